The normalized spacial score (nSPS) is 11.8. The zero-order valence-electron chi connectivity index (χ0n) is 10.8. The Bertz CT molecular complexity index is 710. The van der Waals surface area contributed by atoms with E-state index in [0.29, 0.717) is 10.4 Å². The molecule has 0 spiro atoms. The van der Waals surface area contributed by atoms with Crippen molar-refractivity contribution in [2.45, 2.75) is 25.0 Å². The van der Waals surface area contributed by atoms with E-state index in [2.05, 4.69) is 20.7 Å². The quantitative estimate of drug-likeness (QED) is 0.844. The number of hydrogen-bond acceptors (Lipinski definition) is 4. The monoisotopic (exact) mass is 375 g/mol. The Morgan fingerprint density at radius 2 is 2.05 bits per heavy atom. The van der Waals surface area contributed by atoms with Crippen molar-refractivity contribution in [2.75, 3.05) is 0 Å². The zero-order chi connectivity index (χ0) is 14.8. The number of nitrogens with one attached hydrogen (secondary N) is 1. The lowest BCUT2D eigenvalue weighted by atomic mass is 10.2. The molecule has 1 heterocycles. The fraction of sp³-hybridized carbons (Fsp3) is 0.231. The van der Waals surface area contributed by atoms with Gasteiger partial charge in [-0.25, -0.2) is 13.1 Å². The van der Waals surface area contributed by atoms with Gasteiger partial charge in [0, 0.05) is 11.0 Å². The van der Waals surface area contributed by atoms with Crippen LogP contribution in [0, 0.1) is 6.92 Å². The highest BCUT2D eigenvalue weighted by Gasteiger charge is 2.22. The van der Waals surface area contributed by atoms with E-state index in [1.807, 2.05) is 24.3 Å². The first-order valence-electron chi connectivity index (χ1n) is 5.86. The molecule has 0 radical (unpaired) electrons. The minimum Gasteiger partial charge on any atom is -0.391 e. The number of aryl methyl sites for hydroxylation is 1. The maximum atomic E-state index is 12.3. The Kier molecular flexibility index (Phi) is 4.98. The summed E-state index contributed by atoms with van der Waals surface area (Å²) in [5.74, 6) is 0. The second-order valence-corrected chi connectivity index (χ2v) is 7.77. The van der Waals surface area contributed by atoms with Crippen LogP contribution in [-0.4, -0.2) is 13.5 Å². The first-order chi connectivity index (χ1) is 9.45. The number of halogens is 1. The summed E-state index contributed by atoms with van der Waals surface area (Å²) < 4.78 is 28.1. The van der Waals surface area contributed by atoms with Crippen molar-refractivity contribution in [1.82, 2.24) is 4.72 Å². The summed E-state index contributed by atoms with van der Waals surface area (Å²) in [7, 11) is -3.63. The van der Waals surface area contributed by atoms with E-state index < -0.39 is 10.0 Å². The third-order valence-corrected chi connectivity index (χ3v) is 6.43. The van der Waals surface area contributed by atoms with Crippen molar-refractivity contribution in [3.05, 3.63) is 50.1 Å². The largest absolute Gasteiger partial charge is 0.391 e. The molecule has 0 bridgehead atoms. The Balaban J connectivity index is 2.24. The van der Waals surface area contributed by atoms with Gasteiger partial charge in [-0.1, -0.05) is 34.1 Å². The highest BCUT2D eigenvalue weighted by Crippen LogP contribution is 2.27. The fourth-order valence-corrected chi connectivity index (χ4v) is 4.93. The van der Waals surface area contributed by atoms with E-state index in [1.165, 1.54) is 11.3 Å². The first kappa shape index (κ1) is 15.7. The van der Waals surface area contributed by atoms with Gasteiger partial charge in [0.2, 0.25) is 10.0 Å². The van der Waals surface area contributed by atoms with Crippen LogP contribution in [0.3, 0.4) is 0 Å². The fourth-order valence-electron chi connectivity index (χ4n) is 1.84. The molecule has 2 N–H and O–H groups in total. The Hall–Kier alpha value is -0.730. The molecule has 0 aliphatic carbocycles. The van der Waals surface area contributed by atoms with Crippen LogP contribution < -0.4 is 4.72 Å². The molecular formula is C13H14BrNO3S2. The molecule has 4 nitrogen and oxygen atoms in total. The van der Waals surface area contributed by atoms with Crippen molar-refractivity contribution in [3.63, 3.8) is 0 Å². The van der Waals surface area contributed by atoms with Gasteiger partial charge >= 0.3 is 0 Å². The van der Waals surface area contributed by atoms with Gasteiger partial charge in [0.1, 0.15) is 4.90 Å². The molecule has 0 amide bonds. The van der Waals surface area contributed by atoms with E-state index in [-0.39, 0.29) is 18.0 Å². The van der Waals surface area contributed by atoms with E-state index in [4.69, 9.17) is 0 Å². The smallest absolute Gasteiger partial charge is 0.242 e. The number of benzene rings is 1. The lowest BCUT2D eigenvalue weighted by Crippen LogP contribution is -2.24. The van der Waals surface area contributed by atoms with Gasteiger partial charge in [0.15, 0.2) is 0 Å². The van der Waals surface area contributed by atoms with Crippen LogP contribution in [0.25, 0.3) is 0 Å². The van der Waals surface area contributed by atoms with Crippen LogP contribution in [0.2, 0.25) is 0 Å². The topological polar surface area (TPSA) is 66.4 Å². The zero-order valence-corrected chi connectivity index (χ0v) is 14.0. The molecule has 0 unspecified atom stereocenters. The third-order valence-electron chi connectivity index (χ3n) is 2.81. The summed E-state index contributed by atoms with van der Waals surface area (Å²) in [6.07, 6.45) is 0. The molecule has 0 fully saturated rings. The second kappa shape index (κ2) is 6.36. The second-order valence-electron chi connectivity index (χ2n) is 4.25. The molecule has 0 aliphatic heterocycles. The molecular weight excluding hydrogens is 362 g/mol. The summed E-state index contributed by atoms with van der Waals surface area (Å²) in [5.41, 5.74) is 1.51. The van der Waals surface area contributed by atoms with Gasteiger partial charge in [0.25, 0.3) is 0 Å². The lowest BCUT2D eigenvalue weighted by Gasteiger charge is -2.09. The van der Waals surface area contributed by atoms with Crippen molar-refractivity contribution in [3.8, 4) is 0 Å². The molecule has 0 saturated heterocycles. The summed E-state index contributed by atoms with van der Waals surface area (Å²) >= 11 is 4.63. The number of hydrogen-bond donors (Lipinski definition) is 2. The van der Waals surface area contributed by atoms with E-state index in [0.717, 1.165) is 10.0 Å². The molecule has 20 heavy (non-hydrogen) atoms. The number of sulfonamides is 1. The summed E-state index contributed by atoms with van der Waals surface area (Å²) in [6.45, 7) is 1.65. The minimum absolute atomic E-state index is 0.192. The Morgan fingerprint density at radius 3 is 2.70 bits per heavy atom. The van der Waals surface area contributed by atoms with Crippen LogP contribution >= 0.6 is 27.3 Å². The molecule has 2 aromatic rings. The van der Waals surface area contributed by atoms with Gasteiger partial charge in [-0.15, -0.1) is 11.3 Å². The Morgan fingerprint density at radius 1 is 1.35 bits per heavy atom. The molecule has 1 aromatic heterocycles. The molecule has 2 rings (SSSR count). The molecule has 7 heteroatoms. The number of rotatable bonds is 5. The van der Waals surface area contributed by atoms with E-state index >= 15 is 0 Å². The third kappa shape index (κ3) is 3.29. The summed E-state index contributed by atoms with van der Waals surface area (Å²) in [4.78, 5) is 0.652. The average molecular weight is 376 g/mol. The van der Waals surface area contributed by atoms with Crippen LogP contribution in [0.5, 0.6) is 0 Å². The standard InChI is InChI=1S/C13H14BrNO3S2/c1-9-8-19-12(7-16)13(9)20(17,18)15-6-10-4-2-3-5-11(10)14/h2-5,8,15-16H,6-7H2,1H3. The molecule has 0 aliphatic rings. The number of thiophene rings is 1. The van der Waals surface area contributed by atoms with Crippen molar-refractivity contribution in [1.29, 1.82) is 0 Å². The predicted molar refractivity (Wildman–Crippen MR) is 83.1 cm³/mol. The molecule has 108 valence electrons. The first-order valence-corrected chi connectivity index (χ1v) is 9.02. The van der Waals surface area contributed by atoms with E-state index in [1.54, 1.807) is 12.3 Å². The minimum atomic E-state index is -3.63. The van der Waals surface area contributed by atoms with Crippen LogP contribution in [0.1, 0.15) is 16.0 Å². The van der Waals surface area contributed by atoms with Gasteiger partial charge in [-0.05, 0) is 29.5 Å². The van der Waals surface area contributed by atoms with Crippen LogP contribution in [0.15, 0.2) is 39.0 Å². The van der Waals surface area contributed by atoms with Crippen LogP contribution in [0.4, 0.5) is 0 Å². The maximum absolute atomic E-state index is 12.3. The van der Waals surface area contributed by atoms with E-state index in [9.17, 15) is 13.5 Å². The predicted octanol–water partition coefficient (Wildman–Crippen LogP) is 2.79. The summed E-state index contributed by atoms with van der Waals surface area (Å²) in [5, 5.41) is 11.0. The number of aliphatic hydroxyl groups excluding tert-OH is 1. The summed E-state index contributed by atoms with van der Waals surface area (Å²) in [6, 6.07) is 7.43. The maximum Gasteiger partial charge on any atom is 0.242 e. The highest BCUT2D eigenvalue weighted by atomic mass is 79.9. The van der Waals surface area contributed by atoms with Gasteiger partial charge < -0.3 is 5.11 Å². The average Bonchev–Trinajstić information content (AvgIpc) is 2.80. The van der Waals surface area contributed by atoms with Gasteiger partial charge in [-0.3, -0.25) is 0 Å². The van der Waals surface area contributed by atoms with Crippen LogP contribution in [-0.2, 0) is 23.2 Å². The highest BCUT2D eigenvalue weighted by molar-refractivity contribution is 9.10. The SMILES string of the molecule is Cc1csc(CO)c1S(=O)(=O)NCc1ccccc1Br. The lowest BCUT2D eigenvalue weighted by molar-refractivity contribution is 0.282. The molecule has 1 aromatic carbocycles. The van der Waals surface area contributed by atoms with Crippen molar-refractivity contribution in [2.24, 2.45) is 0 Å². The number of aliphatic hydroxyl groups is 1. The molecule has 0 atom stereocenters. The van der Waals surface area contributed by atoms with Gasteiger partial charge in [0.05, 0.1) is 11.5 Å². The van der Waals surface area contributed by atoms with Gasteiger partial charge in [-0.2, -0.15) is 0 Å². The Labute approximate surface area is 130 Å². The van der Waals surface area contributed by atoms with Crippen molar-refractivity contribution >= 4 is 37.3 Å². The molecule has 0 saturated carbocycles. The van der Waals surface area contributed by atoms with Crippen molar-refractivity contribution < 1.29 is 13.5 Å².